The Morgan fingerprint density at radius 3 is 2.67 bits per heavy atom. The monoisotopic (exact) mass is 284 g/mol. The summed E-state index contributed by atoms with van der Waals surface area (Å²) in [5.74, 6) is 0.955. The highest BCUT2D eigenvalue weighted by atomic mass is 15.2. The highest BCUT2D eigenvalue weighted by Crippen LogP contribution is 2.40. The third kappa shape index (κ3) is 2.43. The first-order chi connectivity index (χ1) is 10.3. The van der Waals surface area contributed by atoms with Gasteiger partial charge in [0.05, 0.1) is 0 Å². The lowest BCUT2D eigenvalue weighted by Crippen LogP contribution is -2.55. The summed E-state index contributed by atoms with van der Waals surface area (Å²) in [6.07, 6.45) is 11.1. The molecular weight excluding hydrogens is 256 g/mol. The summed E-state index contributed by atoms with van der Waals surface area (Å²) in [5, 5.41) is 0. The number of hydrogen-bond acceptors (Lipinski definition) is 2. The van der Waals surface area contributed by atoms with Gasteiger partial charge in [0.1, 0.15) is 0 Å². The molecule has 0 radical (unpaired) electrons. The van der Waals surface area contributed by atoms with Gasteiger partial charge in [0.25, 0.3) is 0 Å². The second-order valence-electron chi connectivity index (χ2n) is 7.32. The fraction of sp³-hybridized carbons (Fsp3) is 0.684. The Balaban J connectivity index is 1.58. The van der Waals surface area contributed by atoms with Crippen molar-refractivity contribution in [2.75, 3.05) is 6.54 Å². The number of rotatable bonds is 1. The van der Waals surface area contributed by atoms with Crippen LogP contribution in [0.25, 0.3) is 0 Å². The smallest absolute Gasteiger partial charge is 0.0456 e. The Morgan fingerprint density at radius 1 is 0.905 bits per heavy atom. The maximum Gasteiger partial charge on any atom is 0.0456 e. The molecule has 2 aliphatic carbocycles. The van der Waals surface area contributed by atoms with Crippen molar-refractivity contribution >= 4 is 0 Å². The Labute approximate surface area is 128 Å². The van der Waals surface area contributed by atoms with E-state index in [-0.39, 0.29) is 6.04 Å². The predicted molar refractivity (Wildman–Crippen MR) is 87.2 cm³/mol. The van der Waals surface area contributed by atoms with E-state index in [2.05, 4.69) is 29.2 Å². The minimum Gasteiger partial charge on any atom is -0.323 e. The quantitative estimate of drug-likeness (QED) is 0.853. The molecule has 0 aromatic heterocycles. The molecule has 1 saturated carbocycles. The summed E-state index contributed by atoms with van der Waals surface area (Å²) in [6, 6.07) is 10.5. The zero-order valence-electron chi connectivity index (χ0n) is 13.0. The molecule has 1 saturated heterocycles. The van der Waals surface area contributed by atoms with Gasteiger partial charge in [-0.2, -0.15) is 0 Å². The van der Waals surface area contributed by atoms with Gasteiger partial charge in [-0.05, 0) is 62.1 Å². The fourth-order valence-corrected chi connectivity index (χ4v) is 5.22. The van der Waals surface area contributed by atoms with Gasteiger partial charge >= 0.3 is 0 Å². The molecule has 1 heterocycles. The number of nitrogens with two attached hydrogens (primary N) is 1. The highest BCUT2D eigenvalue weighted by Gasteiger charge is 2.40. The molecule has 1 aromatic carbocycles. The fourth-order valence-electron chi connectivity index (χ4n) is 5.22. The number of fused-ring (bicyclic) bond motifs is 2. The van der Waals surface area contributed by atoms with Gasteiger partial charge in [-0.3, -0.25) is 4.90 Å². The van der Waals surface area contributed by atoms with Crippen LogP contribution in [0.5, 0.6) is 0 Å². The van der Waals surface area contributed by atoms with E-state index in [9.17, 15) is 0 Å². The summed E-state index contributed by atoms with van der Waals surface area (Å²) in [7, 11) is 0. The molecule has 0 amide bonds. The summed E-state index contributed by atoms with van der Waals surface area (Å²) >= 11 is 0. The maximum absolute atomic E-state index is 6.70. The van der Waals surface area contributed by atoms with Crippen LogP contribution >= 0.6 is 0 Å². The Bertz CT molecular complexity index is 496. The predicted octanol–water partition coefficient (Wildman–Crippen LogP) is 3.66. The van der Waals surface area contributed by atoms with Crippen LogP contribution in [-0.4, -0.2) is 23.5 Å². The van der Waals surface area contributed by atoms with Crippen LogP contribution in [0.15, 0.2) is 24.3 Å². The van der Waals surface area contributed by atoms with Gasteiger partial charge in [-0.25, -0.2) is 0 Å². The molecule has 3 aliphatic rings. The highest BCUT2D eigenvalue weighted by molar-refractivity contribution is 5.33. The van der Waals surface area contributed by atoms with Gasteiger partial charge < -0.3 is 5.73 Å². The third-order valence-corrected chi connectivity index (χ3v) is 6.25. The molecule has 0 spiro atoms. The van der Waals surface area contributed by atoms with Crippen LogP contribution in [0.1, 0.15) is 62.1 Å². The van der Waals surface area contributed by atoms with E-state index in [1.54, 1.807) is 0 Å². The molecule has 1 aromatic rings. The molecule has 1 aliphatic heterocycles. The minimum atomic E-state index is 0.218. The lowest BCUT2D eigenvalue weighted by molar-refractivity contribution is 0.0113. The number of aryl methyl sites for hydroxylation is 1. The van der Waals surface area contributed by atoms with Gasteiger partial charge in [-0.1, -0.05) is 37.1 Å². The standard InChI is InChI=1S/C19H28N2/c20-19-16-9-3-1-6-14(16)11-12-18(19)21-13-5-8-15-7-2-4-10-17(15)21/h1,3,6,9,15,17-19H,2,4-5,7-8,10-13,20H2/t15-,17-,18?,19?/m1/s1. The van der Waals surface area contributed by atoms with Crippen LogP contribution < -0.4 is 5.73 Å². The Kier molecular flexibility index (Phi) is 3.76. The molecule has 4 atom stereocenters. The van der Waals surface area contributed by atoms with E-state index in [1.165, 1.54) is 69.0 Å². The molecular formula is C19H28N2. The second-order valence-corrected chi connectivity index (χ2v) is 7.32. The third-order valence-electron chi connectivity index (χ3n) is 6.25. The molecule has 21 heavy (non-hydrogen) atoms. The topological polar surface area (TPSA) is 29.3 Å². The number of hydrogen-bond donors (Lipinski definition) is 1. The summed E-state index contributed by atoms with van der Waals surface area (Å²) in [6.45, 7) is 1.28. The molecule has 4 rings (SSSR count). The van der Waals surface area contributed by atoms with Crippen LogP contribution in [0.3, 0.4) is 0 Å². The van der Waals surface area contributed by atoms with E-state index in [1.807, 2.05) is 0 Å². The first-order valence-electron chi connectivity index (χ1n) is 8.94. The maximum atomic E-state index is 6.70. The van der Waals surface area contributed by atoms with Crippen LogP contribution in [0.2, 0.25) is 0 Å². The average Bonchev–Trinajstić information content (AvgIpc) is 2.55. The SMILES string of the molecule is NC1c2ccccc2CCC1N1CCC[C@H]2CCCC[C@H]21. The number of nitrogens with zero attached hydrogens (tertiary/aromatic N) is 1. The lowest BCUT2D eigenvalue weighted by Gasteiger charge is -2.50. The van der Waals surface area contributed by atoms with Gasteiger partial charge in [0, 0.05) is 18.1 Å². The normalized spacial score (nSPS) is 36.8. The summed E-state index contributed by atoms with van der Waals surface area (Å²) < 4.78 is 0. The van der Waals surface area contributed by atoms with E-state index in [0.29, 0.717) is 6.04 Å². The Hall–Kier alpha value is -0.860. The second kappa shape index (κ2) is 5.73. The van der Waals surface area contributed by atoms with Crippen molar-refractivity contribution in [2.45, 2.75) is 69.5 Å². The van der Waals surface area contributed by atoms with E-state index in [0.717, 1.165) is 12.0 Å². The number of likely N-dealkylation sites (tertiary alicyclic amines) is 1. The zero-order chi connectivity index (χ0) is 14.2. The molecule has 2 fully saturated rings. The molecule has 2 nitrogen and oxygen atoms in total. The largest absolute Gasteiger partial charge is 0.323 e. The van der Waals surface area contributed by atoms with Crippen molar-refractivity contribution in [3.05, 3.63) is 35.4 Å². The van der Waals surface area contributed by atoms with Crippen molar-refractivity contribution < 1.29 is 0 Å². The minimum absolute atomic E-state index is 0.218. The van der Waals surface area contributed by atoms with E-state index < -0.39 is 0 Å². The van der Waals surface area contributed by atoms with Crippen molar-refractivity contribution in [3.63, 3.8) is 0 Å². The van der Waals surface area contributed by atoms with Crippen molar-refractivity contribution in [2.24, 2.45) is 11.7 Å². The molecule has 114 valence electrons. The van der Waals surface area contributed by atoms with Crippen LogP contribution in [0, 0.1) is 5.92 Å². The first kappa shape index (κ1) is 13.8. The van der Waals surface area contributed by atoms with E-state index in [4.69, 9.17) is 5.73 Å². The lowest BCUT2D eigenvalue weighted by atomic mass is 9.75. The van der Waals surface area contributed by atoms with Crippen molar-refractivity contribution in [3.8, 4) is 0 Å². The van der Waals surface area contributed by atoms with E-state index >= 15 is 0 Å². The zero-order valence-corrected chi connectivity index (χ0v) is 13.0. The number of benzene rings is 1. The molecule has 2 N–H and O–H groups in total. The van der Waals surface area contributed by atoms with Crippen molar-refractivity contribution in [1.29, 1.82) is 0 Å². The molecule has 2 heteroatoms. The number of piperidine rings is 1. The Morgan fingerprint density at radius 2 is 1.71 bits per heavy atom. The summed E-state index contributed by atoms with van der Waals surface area (Å²) in [5.41, 5.74) is 9.60. The van der Waals surface area contributed by atoms with Crippen LogP contribution in [0.4, 0.5) is 0 Å². The van der Waals surface area contributed by atoms with Gasteiger partial charge in [0.2, 0.25) is 0 Å². The van der Waals surface area contributed by atoms with Crippen LogP contribution in [-0.2, 0) is 6.42 Å². The molecule has 0 bridgehead atoms. The van der Waals surface area contributed by atoms with Gasteiger partial charge in [0.15, 0.2) is 0 Å². The summed E-state index contributed by atoms with van der Waals surface area (Å²) in [4.78, 5) is 2.83. The van der Waals surface area contributed by atoms with Crippen molar-refractivity contribution in [1.82, 2.24) is 4.90 Å². The average molecular weight is 284 g/mol. The first-order valence-corrected chi connectivity index (χ1v) is 8.94. The van der Waals surface area contributed by atoms with Gasteiger partial charge in [-0.15, -0.1) is 0 Å². The molecule has 2 unspecified atom stereocenters.